The van der Waals surface area contributed by atoms with Crippen molar-refractivity contribution in [3.05, 3.63) is 64.4 Å². The van der Waals surface area contributed by atoms with Crippen LogP contribution in [0.4, 0.5) is 5.95 Å². The molecule has 3 aromatic rings. The summed E-state index contributed by atoms with van der Waals surface area (Å²) in [5.74, 6) is 0.508. The summed E-state index contributed by atoms with van der Waals surface area (Å²) in [5, 5.41) is 6.75. The molecule has 11 nitrogen and oxygen atoms in total. The molecule has 5 rings (SSSR count). The van der Waals surface area contributed by atoms with Crippen LogP contribution in [0.15, 0.2) is 42.6 Å². The molecule has 43 heavy (non-hydrogen) atoms. The Morgan fingerprint density at radius 2 is 1.98 bits per heavy atom. The first-order chi connectivity index (χ1) is 20.7. The van der Waals surface area contributed by atoms with E-state index in [0.29, 0.717) is 65.7 Å². The molecule has 2 N–H and O–H groups in total. The lowest BCUT2D eigenvalue weighted by atomic mass is 10.0. The smallest absolute Gasteiger partial charge is 0.255 e. The summed E-state index contributed by atoms with van der Waals surface area (Å²) < 4.78 is 11.2. The molecule has 1 aromatic carbocycles. The minimum atomic E-state index is -0.691. The van der Waals surface area contributed by atoms with Gasteiger partial charge >= 0.3 is 0 Å². The number of pyridine rings is 1. The molecule has 2 aliphatic heterocycles. The second kappa shape index (κ2) is 13.7. The summed E-state index contributed by atoms with van der Waals surface area (Å²) in [5.41, 5.74) is 3.30. The van der Waals surface area contributed by atoms with Gasteiger partial charge in [0.1, 0.15) is 12.6 Å². The summed E-state index contributed by atoms with van der Waals surface area (Å²) in [6, 6.07) is 10.2. The molecule has 0 radical (unpaired) electrons. The van der Waals surface area contributed by atoms with Gasteiger partial charge in [0.2, 0.25) is 17.7 Å². The van der Waals surface area contributed by atoms with Crippen molar-refractivity contribution in [2.24, 2.45) is 0 Å². The Labute approximate surface area is 257 Å². The van der Waals surface area contributed by atoms with Crippen molar-refractivity contribution in [2.45, 2.75) is 51.4 Å². The van der Waals surface area contributed by atoms with Gasteiger partial charge in [-0.15, -0.1) is 0 Å². The van der Waals surface area contributed by atoms with Crippen LogP contribution in [0, 0.1) is 0 Å². The summed E-state index contributed by atoms with van der Waals surface area (Å²) in [7, 11) is 3.95. The average molecular weight is 608 g/mol. The van der Waals surface area contributed by atoms with E-state index in [9.17, 15) is 9.59 Å². The van der Waals surface area contributed by atoms with Gasteiger partial charge in [-0.25, -0.2) is 15.0 Å². The number of carbonyl (C=O) groups is 2. The zero-order valence-electron chi connectivity index (χ0n) is 25.0. The van der Waals surface area contributed by atoms with Gasteiger partial charge in [0.25, 0.3) is 5.91 Å². The molecule has 2 atom stereocenters. The number of nitrogens with zero attached hydrogens (tertiary/aromatic N) is 5. The van der Waals surface area contributed by atoms with Gasteiger partial charge < -0.3 is 29.9 Å². The Morgan fingerprint density at radius 1 is 1.19 bits per heavy atom. The predicted molar refractivity (Wildman–Crippen MR) is 164 cm³/mol. The molecule has 2 aromatic heterocycles. The highest BCUT2D eigenvalue weighted by Gasteiger charge is 2.35. The number of anilines is 1. The van der Waals surface area contributed by atoms with E-state index in [1.165, 1.54) is 0 Å². The third kappa shape index (κ3) is 7.41. The number of rotatable bonds is 11. The van der Waals surface area contributed by atoms with E-state index in [-0.39, 0.29) is 23.9 Å². The number of aromatic nitrogens is 3. The number of hydrogen-bond donors (Lipinski definition) is 2. The van der Waals surface area contributed by atoms with Crippen molar-refractivity contribution in [2.75, 3.05) is 45.8 Å². The molecule has 2 amide bonds. The maximum absolute atomic E-state index is 13.5. The predicted octanol–water partition coefficient (Wildman–Crippen LogP) is 3.95. The van der Waals surface area contributed by atoms with Gasteiger partial charge in [0.05, 0.1) is 28.6 Å². The largest absolute Gasteiger partial charge is 0.476 e. The lowest BCUT2D eigenvalue weighted by Gasteiger charge is -2.25. The fourth-order valence-corrected chi connectivity index (χ4v) is 5.28. The van der Waals surface area contributed by atoms with Crippen molar-refractivity contribution in [1.82, 2.24) is 30.1 Å². The second-order valence-electron chi connectivity index (χ2n) is 11.2. The molecule has 0 aliphatic carbocycles. The first-order valence-corrected chi connectivity index (χ1v) is 14.9. The number of halogens is 1. The van der Waals surface area contributed by atoms with Crippen molar-refractivity contribution < 1.29 is 19.1 Å². The van der Waals surface area contributed by atoms with Crippen molar-refractivity contribution in [3.8, 4) is 17.1 Å². The number of carbonyl (C=O) groups excluding carboxylic acids is 2. The van der Waals surface area contributed by atoms with Crippen LogP contribution < -0.4 is 15.4 Å². The fourth-order valence-electron chi connectivity index (χ4n) is 5.08. The zero-order valence-corrected chi connectivity index (χ0v) is 25.7. The molecule has 1 saturated heterocycles. The molecule has 0 unspecified atom stereocenters. The van der Waals surface area contributed by atoms with E-state index < -0.39 is 6.04 Å². The topological polar surface area (TPSA) is 122 Å². The number of hydrogen-bond acceptors (Lipinski definition) is 9. The molecular formula is C31H38ClN7O4. The van der Waals surface area contributed by atoms with Crippen molar-refractivity contribution in [3.63, 3.8) is 0 Å². The van der Waals surface area contributed by atoms with Gasteiger partial charge in [-0.2, -0.15) is 0 Å². The van der Waals surface area contributed by atoms with Crippen LogP contribution in [-0.2, 0) is 16.1 Å². The number of ether oxygens (including phenoxy) is 2. The molecule has 1 fully saturated rings. The standard InChI is InChI=1S/C31H38ClN7O4/c1-19(26-6-5-7-27(36-26)43-15-12-38(3)4)34-29(40)20(2)39-18-22-9-8-21(16-24(22)30(39)41)28-25(32)17-33-31(37-28)35-23-10-13-42-14-11-23/h5-9,16-17,19-20,23H,10-15,18H2,1-4H3,(H,34,40)(H,33,35,37)/t19-,20-/m1/s1. The van der Waals surface area contributed by atoms with Crippen LogP contribution in [0.25, 0.3) is 11.3 Å². The third-order valence-electron chi connectivity index (χ3n) is 7.70. The van der Waals surface area contributed by atoms with Gasteiger partial charge in [-0.05, 0) is 58.5 Å². The molecule has 4 heterocycles. The highest BCUT2D eigenvalue weighted by atomic mass is 35.5. The number of benzene rings is 1. The Bertz CT molecular complexity index is 1460. The van der Waals surface area contributed by atoms with Gasteiger partial charge in [0, 0.05) is 49.5 Å². The van der Waals surface area contributed by atoms with Crippen molar-refractivity contribution in [1.29, 1.82) is 0 Å². The molecular weight excluding hydrogens is 570 g/mol. The first-order valence-electron chi connectivity index (χ1n) is 14.6. The van der Waals surface area contributed by atoms with Crippen LogP contribution in [-0.4, -0.2) is 89.1 Å². The highest BCUT2D eigenvalue weighted by Crippen LogP contribution is 2.32. The average Bonchev–Trinajstić information content (AvgIpc) is 3.33. The molecule has 12 heteroatoms. The number of fused-ring (bicyclic) bond motifs is 1. The quantitative estimate of drug-likeness (QED) is 0.334. The van der Waals surface area contributed by atoms with E-state index in [0.717, 1.165) is 24.9 Å². The van der Waals surface area contributed by atoms with Crippen LogP contribution >= 0.6 is 11.6 Å². The molecule has 228 valence electrons. The van der Waals surface area contributed by atoms with Crippen LogP contribution in [0.3, 0.4) is 0 Å². The molecule has 2 aliphatic rings. The monoisotopic (exact) mass is 607 g/mol. The van der Waals surface area contributed by atoms with Crippen molar-refractivity contribution >= 4 is 29.4 Å². The third-order valence-corrected chi connectivity index (χ3v) is 7.97. The number of likely N-dealkylation sites (N-methyl/N-ethyl adjacent to an activating group) is 1. The summed E-state index contributed by atoms with van der Waals surface area (Å²) in [6.45, 7) is 6.61. The molecule has 0 bridgehead atoms. The number of nitrogens with one attached hydrogen (secondary N) is 2. The minimum absolute atomic E-state index is 0.215. The Hall–Kier alpha value is -3.80. The molecule has 0 spiro atoms. The van der Waals surface area contributed by atoms with Crippen LogP contribution in [0.5, 0.6) is 5.88 Å². The summed E-state index contributed by atoms with van der Waals surface area (Å²) in [6.07, 6.45) is 3.33. The first kappa shape index (κ1) is 30.7. The second-order valence-corrected chi connectivity index (χ2v) is 11.6. The van der Waals surface area contributed by atoms with Crippen LogP contribution in [0.1, 0.15) is 54.3 Å². The maximum Gasteiger partial charge on any atom is 0.255 e. The normalized spacial score (nSPS) is 16.6. The van der Waals surface area contributed by atoms with Gasteiger partial charge in [-0.1, -0.05) is 29.8 Å². The van der Waals surface area contributed by atoms with Crippen LogP contribution in [0.2, 0.25) is 5.02 Å². The Kier molecular flexibility index (Phi) is 9.74. The number of amides is 2. The summed E-state index contributed by atoms with van der Waals surface area (Å²) in [4.78, 5) is 43.9. The van der Waals surface area contributed by atoms with Gasteiger partial charge in [-0.3, -0.25) is 9.59 Å². The minimum Gasteiger partial charge on any atom is -0.476 e. The molecule has 0 saturated carbocycles. The fraction of sp³-hybridized carbons (Fsp3) is 0.452. The van der Waals surface area contributed by atoms with Gasteiger partial charge in [0.15, 0.2) is 0 Å². The highest BCUT2D eigenvalue weighted by molar-refractivity contribution is 6.33. The van der Waals surface area contributed by atoms with E-state index in [4.69, 9.17) is 21.1 Å². The van der Waals surface area contributed by atoms with E-state index in [2.05, 4.69) is 25.6 Å². The zero-order chi connectivity index (χ0) is 30.5. The van der Waals surface area contributed by atoms with E-state index in [1.807, 2.05) is 50.2 Å². The lowest BCUT2D eigenvalue weighted by Crippen LogP contribution is -2.45. The van der Waals surface area contributed by atoms with E-state index >= 15 is 0 Å². The maximum atomic E-state index is 13.5. The Morgan fingerprint density at radius 3 is 2.74 bits per heavy atom. The van der Waals surface area contributed by atoms with E-state index in [1.54, 1.807) is 30.2 Å². The Balaban J connectivity index is 1.24. The SMILES string of the molecule is C[C@H](C(=O)N[C@H](C)c1cccc(OCCN(C)C)n1)N1Cc2ccc(-c3nc(NC4CCOCC4)ncc3Cl)cc2C1=O. The lowest BCUT2D eigenvalue weighted by molar-refractivity contribution is -0.125. The summed E-state index contributed by atoms with van der Waals surface area (Å²) >= 11 is 6.49.